The van der Waals surface area contributed by atoms with Crippen LogP contribution >= 0.6 is 11.6 Å². The van der Waals surface area contributed by atoms with Gasteiger partial charge in [-0.3, -0.25) is 9.69 Å². The maximum atomic E-state index is 12.0. The van der Waals surface area contributed by atoms with Crippen LogP contribution in [0.15, 0.2) is 18.2 Å². The summed E-state index contributed by atoms with van der Waals surface area (Å²) >= 11 is 5.90. The molecule has 1 amide bonds. The molecule has 1 aliphatic heterocycles. The normalized spacial score (nSPS) is 19.6. The van der Waals surface area contributed by atoms with E-state index < -0.39 is 0 Å². The molecule has 104 valence electrons. The summed E-state index contributed by atoms with van der Waals surface area (Å²) in [6, 6.07) is 5.61. The molecule has 1 aliphatic rings. The summed E-state index contributed by atoms with van der Waals surface area (Å²) in [6.07, 6.45) is 3.45. The first-order valence-electron chi connectivity index (χ1n) is 6.69. The number of nitrogens with one attached hydrogen (secondary N) is 1. The minimum absolute atomic E-state index is 0.0330. The lowest BCUT2D eigenvalue weighted by Gasteiger charge is -2.22. The quantitative estimate of drug-likeness (QED) is 0.835. The lowest BCUT2D eigenvalue weighted by atomic mass is 10.2. The summed E-state index contributed by atoms with van der Waals surface area (Å²) < 4.78 is 0. The third-order valence-corrected chi connectivity index (χ3v) is 3.84. The van der Waals surface area contributed by atoms with Gasteiger partial charge in [-0.1, -0.05) is 18.5 Å². The Labute approximate surface area is 118 Å². The van der Waals surface area contributed by atoms with Crippen LogP contribution in [0.4, 0.5) is 11.4 Å². The van der Waals surface area contributed by atoms with Crippen molar-refractivity contribution < 1.29 is 4.79 Å². The predicted octanol–water partition coefficient (Wildman–Crippen LogP) is 2.74. The summed E-state index contributed by atoms with van der Waals surface area (Å²) in [6.45, 7) is 3.58. The van der Waals surface area contributed by atoms with Crippen LogP contribution in [0, 0.1) is 0 Å². The number of halogens is 1. The largest absolute Gasteiger partial charge is 0.397 e. The van der Waals surface area contributed by atoms with Gasteiger partial charge in [-0.05, 0) is 44.0 Å². The van der Waals surface area contributed by atoms with Crippen LogP contribution in [0.1, 0.15) is 26.2 Å². The van der Waals surface area contributed by atoms with Crippen molar-refractivity contribution in [2.24, 2.45) is 0 Å². The molecule has 1 heterocycles. The first-order chi connectivity index (χ1) is 9.10. The van der Waals surface area contributed by atoms with E-state index in [2.05, 4.69) is 17.1 Å². The van der Waals surface area contributed by atoms with E-state index in [4.69, 9.17) is 17.3 Å². The molecule has 1 atom stereocenters. The number of anilines is 2. The van der Waals surface area contributed by atoms with Crippen molar-refractivity contribution in [2.45, 2.75) is 32.2 Å². The minimum atomic E-state index is -0.0330. The maximum absolute atomic E-state index is 12.0. The molecule has 0 spiro atoms. The molecular weight excluding hydrogens is 262 g/mol. The van der Waals surface area contributed by atoms with Gasteiger partial charge < -0.3 is 11.1 Å². The van der Waals surface area contributed by atoms with E-state index >= 15 is 0 Å². The summed E-state index contributed by atoms with van der Waals surface area (Å²) in [4.78, 5) is 14.3. The van der Waals surface area contributed by atoms with E-state index in [1.807, 2.05) is 0 Å². The first kappa shape index (κ1) is 14.2. The van der Waals surface area contributed by atoms with Crippen molar-refractivity contribution in [1.29, 1.82) is 0 Å². The Bertz CT molecular complexity index is 464. The van der Waals surface area contributed by atoms with Gasteiger partial charge in [0.2, 0.25) is 5.91 Å². The Hall–Kier alpha value is -1.26. The molecule has 0 saturated carbocycles. The Balaban J connectivity index is 1.95. The monoisotopic (exact) mass is 281 g/mol. The van der Waals surface area contributed by atoms with E-state index in [1.165, 1.54) is 12.8 Å². The van der Waals surface area contributed by atoms with E-state index in [9.17, 15) is 4.79 Å². The first-order valence-corrected chi connectivity index (χ1v) is 7.07. The van der Waals surface area contributed by atoms with Gasteiger partial charge in [0, 0.05) is 11.1 Å². The van der Waals surface area contributed by atoms with Crippen molar-refractivity contribution >= 4 is 28.9 Å². The summed E-state index contributed by atoms with van der Waals surface area (Å²) in [5, 5.41) is 3.40. The molecule has 4 nitrogen and oxygen atoms in total. The van der Waals surface area contributed by atoms with Crippen molar-refractivity contribution in [3.63, 3.8) is 0 Å². The highest BCUT2D eigenvalue weighted by Crippen LogP contribution is 2.23. The fraction of sp³-hybridized carbons (Fsp3) is 0.500. The molecule has 2 rings (SSSR count). The smallest absolute Gasteiger partial charge is 0.238 e. The highest BCUT2D eigenvalue weighted by Gasteiger charge is 2.24. The highest BCUT2D eigenvalue weighted by atomic mass is 35.5. The topological polar surface area (TPSA) is 58.4 Å². The summed E-state index contributed by atoms with van der Waals surface area (Å²) in [7, 11) is 0. The molecule has 0 aliphatic carbocycles. The number of hydrogen-bond donors (Lipinski definition) is 2. The van der Waals surface area contributed by atoms with Crippen LogP contribution < -0.4 is 11.1 Å². The van der Waals surface area contributed by atoms with E-state index in [-0.39, 0.29) is 5.91 Å². The maximum Gasteiger partial charge on any atom is 0.238 e. The molecule has 1 saturated heterocycles. The van der Waals surface area contributed by atoms with E-state index in [0.29, 0.717) is 29.0 Å². The van der Waals surface area contributed by atoms with Crippen LogP contribution in [0.3, 0.4) is 0 Å². The molecule has 0 radical (unpaired) electrons. The molecule has 0 aromatic heterocycles. The number of nitrogens with zero attached hydrogens (tertiary/aromatic N) is 1. The second-order valence-electron chi connectivity index (χ2n) is 4.95. The molecule has 0 bridgehead atoms. The molecule has 1 fully saturated rings. The standard InChI is InChI=1S/C14H20ClN3O/c1-2-11-4-3-7-18(11)9-14(19)17-13-8-10(15)5-6-12(13)16/h5-6,8,11H,2-4,7,9,16H2,1H3,(H,17,19). The zero-order valence-corrected chi connectivity index (χ0v) is 11.9. The van der Waals surface area contributed by atoms with Crippen LogP contribution in [0.2, 0.25) is 5.02 Å². The lowest BCUT2D eigenvalue weighted by Crippen LogP contribution is -2.36. The second-order valence-corrected chi connectivity index (χ2v) is 5.39. The molecule has 19 heavy (non-hydrogen) atoms. The van der Waals surface area contributed by atoms with Gasteiger partial charge in [-0.2, -0.15) is 0 Å². The minimum Gasteiger partial charge on any atom is -0.397 e. The Kier molecular flexibility index (Phi) is 4.66. The highest BCUT2D eigenvalue weighted by molar-refractivity contribution is 6.31. The molecular formula is C14H20ClN3O. The van der Waals surface area contributed by atoms with Gasteiger partial charge in [0.05, 0.1) is 17.9 Å². The third-order valence-electron chi connectivity index (χ3n) is 3.61. The number of carbonyl (C=O) groups is 1. The van der Waals surface area contributed by atoms with Crippen molar-refractivity contribution in [3.8, 4) is 0 Å². The molecule has 3 N–H and O–H groups in total. The Morgan fingerprint density at radius 2 is 2.37 bits per heavy atom. The Morgan fingerprint density at radius 3 is 3.11 bits per heavy atom. The molecule has 1 aromatic carbocycles. The average molecular weight is 282 g/mol. The van der Waals surface area contributed by atoms with Crippen molar-refractivity contribution in [2.75, 3.05) is 24.1 Å². The van der Waals surface area contributed by atoms with Gasteiger partial charge in [-0.25, -0.2) is 0 Å². The number of amides is 1. The van der Waals surface area contributed by atoms with Crippen LogP contribution in [0.25, 0.3) is 0 Å². The third kappa shape index (κ3) is 3.61. The SMILES string of the molecule is CCC1CCCN1CC(=O)Nc1cc(Cl)ccc1N. The molecule has 1 aromatic rings. The molecule has 1 unspecified atom stereocenters. The Morgan fingerprint density at radius 1 is 1.58 bits per heavy atom. The number of nitrogen functional groups attached to an aromatic ring is 1. The number of benzene rings is 1. The van der Waals surface area contributed by atoms with Crippen molar-refractivity contribution in [1.82, 2.24) is 4.90 Å². The predicted molar refractivity (Wildman–Crippen MR) is 79.4 cm³/mol. The van der Waals surface area contributed by atoms with Crippen LogP contribution in [-0.4, -0.2) is 29.9 Å². The summed E-state index contributed by atoms with van der Waals surface area (Å²) in [5.41, 5.74) is 6.93. The van der Waals surface area contributed by atoms with Gasteiger partial charge in [0.15, 0.2) is 0 Å². The lowest BCUT2D eigenvalue weighted by molar-refractivity contribution is -0.117. The molecule has 5 heteroatoms. The zero-order chi connectivity index (χ0) is 13.8. The number of nitrogens with two attached hydrogens (primary N) is 1. The van der Waals surface area contributed by atoms with Gasteiger partial charge in [-0.15, -0.1) is 0 Å². The number of carbonyl (C=O) groups excluding carboxylic acids is 1. The number of likely N-dealkylation sites (tertiary alicyclic amines) is 1. The van der Waals surface area contributed by atoms with Gasteiger partial charge >= 0.3 is 0 Å². The van der Waals surface area contributed by atoms with Crippen LogP contribution in [-0.2, 0) is 4.79 Å². The fourth-order valence-electron chi connectivity index (χ4n) is 2.58. The van der Waals surface area contributed by atoms with E-state index in [1.54, 1.807) is 18.2 Å². The number of hydrogen-bond acceptors (Lipinski definition) is 3. The van der Waals surface area contributed by atoms with Crippen molar-refractivity contribution in [3.05, 3.63) is 23.2 Å². The van der Waals surface area contributed by atoms with Gasteiger partial charge in [0.1, 0.15) is 0 Å². The number of rotatable bonds is 4. The van der Waals surface area contributed by atoms with Gasteiger partial charge in [0.25, 0.3) is 0 Å². The van der Waals surface area contributed by atoms with Crippen LogP contribution in [0.5, 0.6) is 0 Å². The average Bonchev–Trinajstić information content (AvgIpc) is 2.81. The zero-order valence-electron chi connectivity index (χ0n) is 11.2. The van der Waals surface area contributed by atoms with E-state index in [0.717, 1.165) is 13.0 Å². The second kappa shape index (κ2) is 6.26. The summed E-state index contributed by atoms with van der Waals surface area (Å²) in [5.74, 6) is -0.0330. The fourth-order valence-corrected chi connectivity index (χ4v) is 2.75.